The average molecular weight is 2030 g/mol. The number of hydrogen-bond donors (Lipinski definition) is 0. The molecule has 3 saturated carbocycles. The summed E-state index contributed by atoms with van der Waals surface area (Å²) in [6, 6.07) is 72.6. The highest BCUT2D eigenvalue weighted by molar-refractivity contribution is 5.48. The van der Waals surface area contributed by atoms with E-state index in [1.54, 1.807) is 17.7 Å². The van der Waals surface area contributed by atoms with Crippen molar-refractivity contribution in [3.8, 4) is 0 Å². The molecule has 0 unspecified atom stereocenters. The molecule has 0 atom stereocenters. The normalized spacial score (nSPS) is 16.1. The van der Waals surface area contributed by atoms with Gasteiger partial charge in [-0.15, -0.1) is 0 Å². The summed E-state index contributed by atoms with van der Waals surface area (Å²) in [6.45, 7) is 96.0. The molecule has 0 aliphatic heterocycles. The maximum Gasteiger partial charge on any atom is 0.394 e. The third-order valence-electron chi connectivity index (χ3n) is 30.1. The molecule has 9 aromatic carbocycles. The molecular formula is C145H227F3. The van der Waals surface area contributed by atoms with Crippen LogP contribution in [0.5, 0.6) is 0 Å². The van der Waals surface area contributed by atoms with Gasteiger partial charge in [-0.1, -0.05) is 569 Å². The van der Waals surface area contributed by atoms with Crippen LogP contribution in [0.3, 0.4) is 0 Å². The predicted molar refractivity (Wildman–Crippen MR) is 656 cm³/mol. The highest BCUT2D eigenvalue weighted by atomic mass is 19.4. The Morgan fingerprint density at radius 2 is 0.500 bits per heavy atom. The van der Waals surface area contributed by atoms with E-state index in [1.165, 1.54) is 174 Å². The third kappa shape index (κ3) is 43.3. The zero-order valence-corrected chi connectivity index (χ0v) is 104. The van der Waals surface area contributed by atoms with E-state index in [-0.39, 0.29) is 61.0 Å². The Kier molecular flexibility index (Phi) is 49.7. The molecule has 0 radical (unpaired) electrons. The zero-order valence-electron chi connectivity index (χ0n) is 110. The van der Waals surface area contributed by atoms with E-state index in [0.717, 1.165) is 118 Å². The Labute approximate surface area is 923 Å². The van der Waals surface area contributed by atoms with Gasteiger partial charge in [-0.3, -0.25) is 0 Å². The van der Waals surface area contributed by atoms with Gasteiger partial charge in [-0.05, 0) is 328 Å². The van der Waals surface area contributed by atoms with Crippen LogP contribution in [0.1, 0.15) is 619 Å². The molecule has 12 rings (SSSR count). The standard InChI is InChI=1S/C22H34.C20H34.C16H24.C15H21F3.3C15H24.C14H22.C13H20/c1-22(2,3)21-19(17-11-6-4-7-12-17)15-10-16-20(21)18-13-8-5-9-14-18;1-8-15(9-2)17-13-12-14-18(16(10-3)11-4)19(17)20(5,6)7;1-16(2,3)15-12-8-7-11-14(15)13-9-5-4-6-10-13;1-13(2,3)12-9-7-6-8-11(12)10-14(4,5)15(16,17)18;1-14(2,3)11-12-9-7-8-10-13(12)15(4,5)6;2*1-6-12(7-2)13-10-8-9-11-14(13)15(3,4)5;1-11(2)10-12-8-6-7-9-13(12)14(3,4)5;1-10(2)11-8-6-7-9-12(11)13(3,4)5/h10,15-18H,4-9,11-14H2,1-3H3;12-16H,8-11H2,1-7H3;7-8,11-13H,4-6,9-10H2,1-3H3;6-9H,10H2,1-5H3;7-10H,11H2,1-6H3;2*8-12H,6-7H2,1-5H3;6-9,11H,10H2,1-5H3;6-10H,1-5H3/i17D,18D;15D,16D;13D;;;12D;;;. The van der Waals surface area contributed by atoms with Crippen molar-refractivity contribution in [3.05, 3.63) is 318 Å². The van der Waals surface area contributed by atoms with Crippen molar-refractivity contribution in [1.29, 1.82) is 0 Å². The number of hydrogen-bond acceptors (Lipinski definition) is 0. The van der Waals surface area contributed by atoms with Crippen molar-refractivity contribution in [2.75, 3.05) is 0 Å². The summed E-state index contributed by atoms with van der Waals surface area (Å²) >= 11 is 0. The van der Waals surface area contributed by atoms with Crippen LogP contribution in [-0.2, 0) is 68.0 Å². The number of halogens is 3. The van der Waals surface area contributed by atoms with Gasteiger partial charge < -0.3 is 0 Å². The summed E-state index contributed by atoms with van der Waals surface area (Å²) in [5.41, 5.74) is 25.9. The van der Waals surface area contributed by atoms with Crippen LogP contribution in [-0.4, -0.2) is 6.18 Å². The molecule has 3 aliphatic rings. The smallest absolute Gasteiger partial charge is 0.171 e. The summed E-state index contributed by atoms with van der Waals surface area (Å²) < 4.78 is 92.5. The summed E-state index contributed by atoms with van der Waals surface area (Å²) in [4.78, 5) is 0. The van der Waals surface area contributed by atoms with Gasteiger partial charge in [0.25, 0.3) is 0 Å². The molecule has 0 N–H and O–H groups in total. The van der Waals surface area contributed by atoms with Crippen molar-refractivity contribution >= 4 is 0 Å². The number of benzene rings is 9. The molecule has 0 spiro atoms. The lowest BCUT2D eigenvalue weighted by Gasteiger charge is -2.35. The summed E-state index contributed by atoms with van der Waals surface area (Å²) in [5, 5.41) is 0. The van der Waals surface area contributed by atoms with Crippen molar-refractivity contribution in [2.45, 2.75) is 574 Å². The van der Waals surface area contributed by atoms with E-state index in [9.17, 15) is 15.9 Å². The molecule has 3 aliphatic carbocycles. The van der Waals surface area contributed by atoms with Gasteiger partial charge in [-0.2, -0.15) is 13.2 Å². The van der Waals surface area contributed by atoms with Gasteiger partial charge in [0.05, 0.1) is 5.41 Å². The fourth-order valence-electron chi connectivity index (χ4n) is 22.2. The second-order valence-corrected chi connectivity index (χ2v) is 54.9. The molecule has 0 heterocycles. The van der Waals surface area contributed by atoms with Crippen LogP contribution in [0.25, 0.3) is 0 Å². The molecule has 0 saturated heterocycles. The minimum Gasteiger partial charge on any atom is -0.171 e. The topological polar surface area (TPSA) is 0 Å². The maximum atomic E-state index is 12.9. The van der Waals surface area contributed by atoms with Crippen LogP contribution in [0, 0.1) is 16.7 Å². The van der Waals surface area contributed by atoms with Gasteiger partial charge in [0.15, 0.2) is 0 Å². The van der Waals surface area contributed by atoms with Gasteiger partial charge >= 0.3 is 6.18 Å². The lowest BCUT2D eigenvalue weighted by atomic mass is 9.70. The van der Waals surface area contributed by atoms with Crippen LogP contribution < -0.4 is 0 Å². The highest BCUT2D eigenvalue weighted by Crippen LogP contribution is 2.49. The van der Waals surface area contributed by atoms with Crippen molar-refractivity contribution in [3.63, 3.8) is 0 Å². The monoisotopic (exact) mass is 2030 g/mol. The fourth-order valence-corrected chi connectivity index (χ4v) is 22.2. The molecule has 9 aromatic rings. The van der Waals surface area contributed by atoms with E-state index in [1.807, 2.05) is 32.9 Å². The maximum absolute atomic E-state index is 12.9. The third-order valence-corrected chi connectivity index (χ3v) is 30.1. The predicted octanol–water partition coefficient (Wildman–Crippen LogP) is 46.7. The summed E-state index contributed by atoms with van der Waals surface area (Å²) in [5.74, 6) is -0.674. The first-order chi connectivity index (χ1) is 70.6. The lowest BCUT2D eigenvalue weighted by Crippen LogP contribution is -2.34. The number of alkyl halides is 3. The second kappa shape index (κ2) is 60.0. The van der Waals surface area contributed by atoms with Gasteiger partial charge in [0.2, 0.25) is 0 Å². The van der Waals surface area contributed by atoms with Crippen LogP contribution in [0.15, 0.2) is 206 Å². The Bertz CT molecular complexity index is 5480. The van der Waals surface area contributed by atoms with Crippen molar-refractivity contribution in [2.24, 2.45) is 16.7 Å². The SMILES string of the molecule is CC(C)(C)Cc1ccccc1C(C)(C)C.CC(C)(C)c1ccccc1CC(C)(C)C(F)(F)F.CC(C)Cc1ccccc1C(C)(C)C.CC(C)c1ccccc1C(C)(C)C.CCC(CC)c1ccccc1C(C)(C)C.[2H]C(CC)(CC)c1cccc(C([2H])(CC)CC)c1C(C)(C)C.[2H]C(CC)(CC)c1ccccc1C(C)(C)C.[2H]C1(c2cccc(C3([2H])CCCCC3)c2C(C)(C)C)CCCCC1.[2H]C1(c2ccccc2C(C)(C)C)CCCCC1. The Balaban J connectivity index is 0.000000362. The quantitative estimate of drug-likeness (QED) is 0.0673. The highest BCUT2D eigenvalue weighted by Gasteiger charge is 2.48. The Morgan fingerprint density at radius 3 is 0.804 bits per heavy atom. The number of rotatable bonds is 21. The molecule has 0 nitrogen and oxygen atoms in total. The van der Waals surface area contributed by atoms with Crippen LogP contribution in [0.2, 0.25) is 0 Å². The van der Waals surface area contributed by atoms with E-state index >= 15 is 0 Å². The molecule has 0 aromatic heterocycles. The van der Waals surface area contributed by atoms with E-state index in [2.05, 4.69) is 452 Å². The van der Waals surface area contributed by atoms with Crippen molar-refractivity contribution in [1.82, 2.24) is 0 Å². The van der Waals surface area contributed by atoms with E-state index < -0.39 is 41.1 Å². The molecule has 828 valence electrons. The first kappa shape index (κ1) is 123. The Morgan fingerprint density at radius 1 is 0.250 bits per heavy atom. The van der Waals surface area contributed by atoms with Crippen LogP contribution >= 0.6 is 0 Å². The second-order valence-electron chi connectivity index (χ2n) is 54.9. The first-order valence-electron chi connectivity index (χ1n) is 61.6. The molecule has 148 heavy (non-hydrogen) atoms. The molecule has 0 bridgehead atoms. The fraction of sp³-hybridized carbons (Fsp3) is 0.628. The molecule has 0 amide bonds. The van der Waals surface area contributed by atoms with Gasteiger partial charge in [0, 0.05) is 8.22 Å². The molecule has 3 heteroatoms. The van der Waals surface area contributed by atoms with E-state index in [4.69, 9.17) is 5.48 Å². The van der Waals surface area contributed by atoms with Crippen molar-refractivity contribution < 1.29 is 21.4 Å². The van der Waals surface area contributed by atoms with Crippen LogP contribution in [0.4, 0.5) is 13.2 Å². The van der Waals surface area contributed by atoms with Gasteiger partial charge in [-0.25, -0.2) is 0 Å². The zero-order chi connectivity index (χ0) is 118. The average Bonchev–Trinajstić information content (AvgIpc) is 0.741. The van der Waals surface area contributed by atoms with Gasteiger partial charge in [0.1, 0.15) is 0 Å². The minimum atomic E-state index is -4.18. The lowest BCUT2D eigenvalue weighted by molar-refractivity contribution is -0.211. The summed E-state index contributed by atoms with van der Waals surface area (Å²) in [6.07, 6.45) is 22.5. The molecule has 3 fully saturated rings. The Hall–Kier alpha value is -7.23. The minimum absolute atomic E-state index is 0.0110. The van der Waals surface area contributed by atoms with E-state index in [0.29, 0.717) is 11.3 Å². The first-order valence-corrected chi connectivity index (χ1v) is 58.6. The summed E-state index contributed by atoms with van der Waals surface area (Å²) in [7, 11) is 0. The molecular weight excluding hydrogens is 1800 g/mol. The largest absolute Gasteiger partial charge is 0.394 e.